The van der Waals surface area contributed by atoms with Crippen LogP contribution in [0.15, 0.2) is 16.3 Å². The van der Waals surface area contributed by atoms with Crippen molar-refractivity contribution in [3.63, 3.8) is 0 Å². The van der Waals surface area contributed by atoms with Gasteiger partial charge in [-0.1, -0.05) is 13.3 Å². The molecule has 0 saturated carbocycles. The standard InChI is InChI=1S/C10H18N2O2S2/c1-3-4-5-12-16(13,14)10-6-9(7-11-2)15-8-10/h6,8,11-12H,3-5,7H2,1-2H3. The van der Waals surface area contributed by atoms with Gasteiger partial charge in [-0.2, -0.15) is 0 Å². The number of unbranched alkanes of at least 4 members (excludes halogenated alkanes) is 1. The Kier molecular flexibility index (Phi) is 5.40. The van der Waals surface area contributed by atoms with Crippen molar-refractivity contribution in [1.29, 1.82) is 0 Å². The van der Waals surface area contributed by atoms with Gasteiger partial charge in [-0.05, 0) is 19.5 Å². The molecule has 0 spiro atoms. The summed E-state index contributed by atoms with van der Waals surface area (Å²) in [5, 5.41) is 4.68. The molecular formula is C10H18N2O2S2. The third-order valence-corrected chi connectivity index (χ3v) is 4.64. The molecule has 0 atom stereocenters. The minimum atomic E-state index is -3.30. The normalized spacial score (nSPS) is 11.9. The second-order valence-corrected chi connectivity index (χ2v) is 6.29. The van der Waals surface area contributed by atoms with E-state index in [-0.39, 0.29) is 0 Å². The van der Waals surface area contributed by atoms with E-state index in [1.54, 1.807) is 11.4 Å². The molecular weight excluding hydrogens is 244 g/mol. The highest BCUT2D eigenvalue weighted by Crippen LogP contribution is 2.18. The lowest BCUT2D eigenvalue weighted by Crippen LogP contribution is -2.24. The molecule has 1 heterocycles. The SMILES string of the molecule is CCCCNS(=O)(=O)c1csc(CNC)c1. The Morgan fingerprint density at radius 3 is 2.81 bits per heavy atom. The van der Waals surface area contributed by atoms with Crippen LogP contribution in [0.5, 0.6) is 0 Å². The summed E-state index contributed by atoms with van der Waals surface area (Å²) in [7, 11) is -1.46. The van der Waals surface area contributed by atoms with E-state index in [4.69, 9.17) is 0 Å². The molecule has 4 nitrogen and oxygen atoms in total. The van der Waals surface area contributed by atoms with E-state index in [2.05, 4.69) is 10.0 Å². The number of hydrogen-bond acceptors (Lipinski definition) is 4. The zero-order valence-electron chi connectivity index (χ0n) is 9.62. The van der Waals surface area contributed by atoms with Gasteiger partial charge < -0.3 is 5.32 Å². The lowest BCUT2D eigenvalue weighted by molar-refractivity contribution is 0.578. The van der Waals surface area contributed by atoms with Crippen molar-refractivity contribution >= 4 is 21.4 Å². The topological polar surface area (TPSA) is 58.2 Å². The van der Waals surface area contributed by atoms with Gasteiger partial charge in [0.15, 0.2) is 0 Å². The molecule has 0 fully saturated rings. The Balaban J connectivity index is 2.66. The maximum atomic E-state index is 11.8. The Labute approximate surface area is 101 Å². The minimum Gasteiger partial charge on any atom is -0.315 e. The van der Waals surface area contributed by atoms with Gasteiger partial charge >= 0.3 is 0 Å². The summed E-state index contributed by atoms with van der Waals surface area (Å²) in [6.07, 6.45) is 1.85. The number of nitrogens with one attached hydrogen (secondary N) is 2. The summed E-state index contributed by atoms with van der Waals surface area (Å²) < 4.78 is 26.2. The predicted octanol–water partition coefficient (Wildman–Crippen LogP) is 1.55. The smallest absolute Gasteiger partial charge is 0.241 e. The van der Waals surface area contributed by atoms with Crippen LogP contribution in [-0.2, 0) is 16.6 Å². The predicted molar refractivity (Wildman–Crippen MR) is 67.2 cm³/mol. The van der Waals surface area contributed by atoms with Gasteiger partial charge in [0.2, 0.25) is 10.0 Å². The first-order valence-corrected chi connectivity index (χ1v) is 7.68. The molecule has 0 radical (unpaired) electrons. The van der Waals surface area contributed by atoms with Crippen LogP contribution in [0, 0.1) is 0 Å². The monoisotopic (exact) mass is 262 g/mol. The molecule has 0 aliphatic carbocycles. The maximum Gasteiger partial charge on any atom is 0.241 e. The summed E-state index contributed by atoms with van der Waals surface area (Å²) in [6, 6.07) is 1.72. The van der Waals surface area contributed by atoms with Gasteiger partial charge in [0.25, 0.3) is 0 Å². The largest absolute Gasteiger partial charge is 0.315 e. The Morgan fingerprint density at radius 2 is 2.19 bits per heavy atom. The highest BCUT2D eigenvalue weighted by atomic mass is 32.2. The average molecular weight is 262 g/mol. The van der Waals surface area contributed by atoms with Crippen LogP contribution >= 0.6 is 11.3 Å². The molecule has 1 rings (SSSR count). The third kappa shape index (κ3) is 3.86. The Bertz CT molecular complexity index is 412. The van der Waals surface area contributed by atoms with Crippen molar-refractivity contribution in [2.75, 3.05) is 13.6 Å². The fourth-order valence-corrected chi connectivity index (χ4v) is 3.60. The first-order valence-electron chi connectivity index (χ1n) is 5.32. The zero-order valence-corrected chi connectivity index (χ0v) is 11.2. The molecule has 0 aliphatic heterocycles. The second kappa shape index (κ2) is 6.34. The molecule has 0 unspecified atom stereocenters. The number of hydrogen-bond donors (Lipinski definition) is 2. The van der Waals surface area contributed by atoms with Crippen molar-refractivity contribution in [1.82, 2.24) is 10.0 Å². The van der Waals surface area contributed by atoms with Gasteiger partial charge in [-0.3, -0.25) is 0 Å². The molecule has 0 bridgehead atoms. The van der Waals surface area contributed by atoms with E-state index in [9.17, 15) is 8.42 Å². The van der Waals surface area contributed by atoms with Crippen LogP contribution in [0.1, 0.15) is 24.6 Å². The van der Waals surface area contributed by atoms with Crippen LogP contribution in [0.3, 0.4) is 0 Å². The van der Waals surface area contributed by atoms with Gasteiger partial charge in [0.05, 0.1) is 4.90 Å². The van der Waals surface area contributed by atoms with Gasteiger partial charge in [-0.25, -0.2) is 13.1 Å². The van der Waals surface area contributed by atoms with Gasteiger partial charge in [0.1, 0.15) is 0 Å². The molecule has 0 amide bonds. The molecule has 6 heteroatoms. The average Bonchev–Trinajstić information content (AvgIpc) is 2.68. The van der Waals surface area contributed by atoms with Crippen molar-refractivity contribution in [2.24, 2.45) is 0 Å². The highest BCUT2D eigenvalue weighted by Gasteiger charge is 2.14. The van der Waals surface area contributed by atoms with Crippen LogP contribution < -0.4 is 10.0 Å². The highest BCUT2D eigenvalue weighted by molar-refractivity contribution is 7.89. The fourth-order valence-electron chi connectivity index (χ4n) is 1.23. The molecule has 2 N–H and O–H groups in total. The van der Waals surface area contributed by atoms with E-state index in [0.717, 1.165) is 17.7 Å². The number of thiophene rings is 1. The van der Waals surface area contributed by atoms with Crippen molar-refractivity contribution < 1.29 is 8.42 Å². The molecule has 0 aliphatic rings. The van der Waals surface area contributed by atoms with E-state index in [1.807, 2.05) is 14.0 Å². The lowest BCUT2D eigenvalue weighted by Gasteiger charge is -2.03. The number of sulfonamides is 1. The second-order valence-electron chi connectivity index (χ2n) is 3.53. The van der Waals surface area contributed by atoms with E-state index in [1.165, 1.54) is 11.3 Å². The molecule has 1 aromatic rings. The third-order valence-electron chi connectivity index (χ3n) is 2.11. The van der Waals surface area contributed by atoms with Crippen LogP contribution in [0.25, 0.3) is 0 Å². The summed E-state index contributed by atoms with van der Waals surface area (Å²) in [5.74, 6) is 0. The summed E-state index contributed by atoms with van der Waals surface area (Å²) in [4.78, 5) is 1.40. The maximum absolute atomic E-state index is 11.8. The van der Waals surface area contributed by atoms with E-state index >= 15 is 0 Å². The lowest BCUT2D eigenvalue weighted by atomic mass is 10.3. The van der Waals surface area contributed by atoms with E-state index < -0.39 is 10.0 Å². The van der Waals surface area contributed by atoms with Crippen LogP contribution in [0.4, 0.5) is 0 Å². The molecule has 0 saturated heterocycles. The Morgan fingerprint density at radius 1 is 1.44 bits per heavy atom. The fraction of sp³-hybridized carbons (Fsp3) is 0.600. The Hall–Kier alpha value is -0.430. The van der Waals surface area contributed by atoms with Gasteiger partial charge in [0, 0.05) is 23.3 Å². The van der Waals surface area contributed by atoms with Crippen molar-refractivity contribution in [3.8, 4) is 0 Å². The van der Waals surface area contributed by atoms with Crippen LogP contribution in [-0.4, -0.2) is 22.0 Å². The summed E-state index contributed by atoms with van der Waals surface area (Å²) in [6.45, 7) is 3.25. The van der Waals surface area contributed by atoms with Gasteiger partial charge in [-0.15, -0.1) is 11.3 Å². The first-order chi connectivity index (χ1) is 7.60. The minimum absolute atomic E-state index is 0.374. The van der Waals surface area contributed by atoms with Crippen molar-refractivity contribution in [3.05, 3.63) is 16.3 Å². The molecule has 16 heavy (non-hydrogen) atoms. The van der Waals surface area contributed by atoms with E-state index in [0.29, 0.717) is 18.0 Å². The molecule has 0 aromatic carbocycles. The summed E-state index contributed by atoms with van der Waals surface area (Å²) in [5.41, 5.74) is 0. The molecule has 1 aromatic heterocycles. The quantitative estimate of drug-likeness (QED) is 0.733. The zero-order chi connectivity index (χ0) is 12.0. The van der Waals surface area contributed by atoms with Crippen LogP contribution in [0.2, 0.25) is 0 Å². The summed E-state index contributed by atoms with van der Waals surface area (Å²) >= 11 is 1.46. The number of rotatable bonds is 7. The first kappa shape index (κ1) is 13.6. The molecule has 92 valence electrons. The van der Waals surface area contributed by atoms with Crippen molar-refractivity contribution in [2.45, 2.75) is 31.2 Å².